The number of H-pyrrole nitrogens is 2. The fourth-order valence-electron chi connectivity index (χ4n) is 3.44. The van der Waals surface area contributed by atoms with Crippen molar-refractivity contribution in [2.24, 2.45) is 0 Å². The normalized spacial score (nSPS) is 16.5. The first-order valence-corrected chi connectivity index (χ1v) is 8.55. The summed E-state index contributed by atoms with van der Waals surface area (Å²) in [6, 6.07) is 9.86. The molecule has 0 saturated carbocycles. The third-order valence-corrected chi connectivity index (χ3v) is 4.82. The van der Waals surface area contributed by atoms with E-state index in [0.717, 1.165) is 36.2 Å². The van der Waals surface area contributed by atoms with Crippen LogP contribution < -0.4 is 11.3 Å². The van der Waals surface area contributed by atoms with E-state index in [1.165, 1.54) is 11.8 Å². The summed E-state index contributed by atoms with van der Waals surface area (Å²) in [5.74, 6) is 0. The van der Waals surface area contributed by atoms with Crippen LogP contribution in [0.4, 0.5) is 10.1 Å². The van der Waals surface area contributed by atoms with Crippen LogP contribution in [-0.4, -0.2) is 34.1 Å². The first kappa shape index (κ1) is 15.9. The minimum atomic E-state index is -0.651. The number of aromatic nitrogens is 2. The number of aromatic amines is 2. The fraction of sp³-hybridized carbons (Fsp3) is 0.316. The molecule has 5 nitrogen and oxygen atoms in total. The molecule has 0 unspecified atom stereocenters. The zero-order valence-corrected chi connectivity index (χ0v) is 13.9. The average Bonchev–Trinajstić information content (AvgIpc) is 3.02. The lowest BCUT2D eigenvalue weighted by Gasteiger charge is -2.28. The smallest absolute Gasteiger partial charge is 0.257 e. The van der Waals surface area contributed by atoms with Gasteiger partial charge in [-0.15, -0.1) is 0 Å². The number of nitrogens with one attached hydrogen (secondary N) is 2. The second-order valence-corrected chi connectivity index (χ2v) is 6.73. The second-order valence-electron chi connectivity index (χ2n) is 6.73. The van der Waals surface area contributed by atoms with E-state index in [1.54, 1.807) is 6.07 Å². The zero-order chi connectivity index (χ0) is 17.4. The minimum Gasteiger partial charge on any atom is -0.398 e. The van der Waals surface area contributed by atoms with Crippen molar-refractivity contribution in [3.05, 3.63) is 52.4 Å². The number of hydrogen-bond acceptors (Lipinski definition) is 3. The molecule has 1 aliphatic heterocycles. The number of nitrogens with two attached hydrogens (primary N) is 1. The van der Waals surface area contributed by atoms with Crippen molar-refractivity contribution in [3.63, 3.8) is 0 Å². The van der Waals surface area contributed by atoms with Gasteiger partial charge in [0.05, 0.1) is 11.3 Å². The Morgan fingerprint density at radius 2 is 2.00 bits per heavy atom. The SMILES string of the molecule is Nc1c[nH]c(=O)c(-c2cc3cc(CN4CCC(F)CC4)ccc3[nH]2)c1. The maximum Gasteiger partial charge on any atom is 0.257 e. The summed E-state index contributed by atoms with van der Waals surface area (Å²) in [6.07, 6.45) is 2.08. The summed E-state index contributed by atoms with van der Waals surface area (Å²) in [4.78, 5) is 20.2. The Labute approximate surface area is 144 Å². The zero-order valence-electron chi connectivity index (χ0n) is 13.9. The Hall–Kier alpha value is -2.60. The summed E-state index contributed by atoms with van der Waals surface area (Å²) in [5.41, 5.74) is 9.57. The number of fused-ring (bicyclic) bond motifs is 1. The van der Waals surface area contributed by atoms with Crippen LogP contribution in [0.3, 0.4) is 0 Å². The van der Waals surface area contributed by atoms with E-state index in [4.69, 9.17) is 5.73 Å². The molecule has 1 saturated heterocycles. The Morgan fingerprint density at radius 3 is 2.80 bits per heavy atom. The van der Waals surface area contributed by atoms with Gasteiger partial charge in [0.25, 0.3) is 5.56 Å². The molecular weight excluding hydrogens is 319 g/mol. The van der Waals surface area contributed by atoms with Crippen molar-refractivity contribution in [2.75, 3.05) is 18.8 Å². The van der Waals surface area contributed by atoms with Crippen LogP contribution in [0.1, 0.15) is 18.4 Å². The highest BCUT2D eigenvalue weighted by molar-refractivity contribution is 5.86. The number of alkyl halides is 1. The minimum absolute atomic E-state index is 0.171. The number of benzene rings is 1. The summed E-state index contributed by atoms with van der Waals surface area (Å²) in [5, 5.41) is 1.05. The molecule has 2 aromatic heterocycles. The van der Waals surface area contributed by atoms with Crippen molar-refractivity contribution in [3.8, 4) is 11.3 Å². The van der Waals surface area contributed by atoms with E-state index in [1.807, 2.05) is 12.1 Å². The number of rotatable bonds is 3. The third-order valence-electron chi connectivity index (χ3n) is 4.82. The van der Waals surface area contributed by atoms with Gasteiger partial charge in [0.1, 0.15) is 6.17 Å². The summed E-state index contributed by atoms with van der Waals surface area (Å²) >= 11 is 0. The van der Waals surface area contributed by atoms with Gasteiger partial charge < -0.3 is 15.7 Å². The van der Waals surface area contributed by atoms with Crippen LogP contribution in [0.2, 0.25) is 0 Å². The molecule has 1 aromatic carbocycles. The van der Waals surface area contributed by atoms with Gasteiger partial charge in [-0.2, -0.15) is 0 Å². The van der Waals surface area contributed by atoms with Crippen molar-refractivity contribution in [1.82, 2.24) is 14.9 Å². The Kier molecular flexibility index (Phi) is 4.05. The van der Waals surface area contributed by atoms with Crippen molar-refractivity contribution < 1.29 is 4.39 Å². The number of nitrogen functional groups attached to an aromatic ring is 1. The summed E-state index contributed by atoms with van der Waals surface area (Å²) < 4.78 is 13.3. The summed E-state index contributed by atoms with van der Waals surface area (Å²) in [7, 11) is 0. The van der Waals surface area contributed by atoms with Gasteiger partial charge in [-0.1, -0.05) is 6.07 Å². The Bertz CT molecular complexity index is 953. The molecule has 130 valence electrons. The monoisotopic (exact) mass is 340 g/mol. The van der Waals surface area contributed by atoms with Crippen LogP contribution >= 0.6 is 0 Å². The number of hydrogen-bond donors (Lipinski definition) is 3. The molecule has 0 aliphatic carbocycles. The van der Waals surface area contributed by atoms with Crippen LogP contribution in [0.15, 0.2) is 41.3 Å². The van der Waals surface area contributed by atoms with Gasteiger partial charge in [0.2, 0.25) is 0 Å². The maximum atomic E-state index is 13.3. The number of likely N-dealkylation sites (tertiary alicyclic amines) is 1. The molecule has 3 aromatic rings. The lowest BCUT2D eigenvalue weighted by atomic mass is 10.1. The number of pyridine rings is 1. The predicted octanol–water partition coefficient (Wildman–Crippen LogP) is 3.04. The first-order chi connectivity index (χ1) is 12.1. The third kappa shape index (κ3) is 3.30. The second kappa shape index (κ2) is 6.37. The highest BCUT2D eigenvalue weighted by Crippen LogP contribution is 2.25. The van der Waals surface area contributed by atoms with Gasteiger partial charge in [0.15, 0.2) is 0 Å². The van der Waals surface area contributed by atoms with E-state index < -0.39 is 6.17 Å². The lowest BCUT2D eigenvalue weighted by molar-refractivity contribution is 0.145. The molecule has 25 heavy (non-hydrogen) atoms. The molecule has 3 heterocycles. The Balaban J connectivity index is 1.61. The first-order valence-electron chi connectivity index (χ1n) is 8.55. The fourth-order valence-corrected chi connectivity index (χ4v) is 3.44. The van der Waals surface area contributed by atoms with E-state index in [9.17, 15) is 9.18 Å². The molecule has 6 heteroatoms. The summed E-state index contributed by atoms with van der Waals surface area (Å²) in [6.45, 7) is 2.43. The lowest BCUT2D eigenvalue weighted by Crippen LogP contribution is -2.33. The van der Waals surface area contributed by atoms with Crippen LogP contribution in [0.25, 0.3) is 22.2 Å². The molecule has 0 radical (unpaired) electrons. The van der Waals surface area contributed by atoms with Crippen LogP contribution in [0, 0.1) is 0 Å². The highest BCUT2D eigenvalue weighted by Gasteiger charge is 2.18. The largest absolute Gasteiger partial charge is 0.398 e. The average molecular weight is 340 g/mol. The maximum absolute atomic E-state index is 13.3. The van der Waals surface area contributed by atoms with E-state index in [-0.39, 0.29) is 5.56 Å². The number of nitrogens with zero attached hydrogens (tertiary/aromatic N) is 1. The molecule has 0 bridgehead atoms. The molecule has 4 N–H and O–H groups in total. The molecule has 0 spiro atoms. The van der Waals surface area contributed by atoms with E-state index in [2.05, 4.69) is 27.0 Å². The molecule has 1 fully saturated rings. The molecule has 1 aliphatic rings. The topological polar surface area (TPSA) is 77.9 Å². The molecule has 0 amide bonds. The number of anilines is 1. The van der Waals surface area contributed by atoms with Gasteiger partial charge in [-0.3, -0.25) is 9.69 Å². The van der Waals surface area contributed by atoms with Gasteiger partial charge in [0, 0.05) is 42.4 Å². The van der Waals surface area contributed by atoms with Crippen molar-refractivity contribution >= 4 is 16.6 Å². The van der Waals surface area contributed by atoms with Crippen molar-refractivity contribution in [2.45, 2.75) is 25.6 Å². The molecule has 4 rings (SSSR count). The van der Waals surface area contributed by atoms with E-state index >= 15 is 0 Å². The van der Waals surface area contributed by atoms with E-state index in [0.29, 0.717) is 24.1 Å². The van der Waals surface area contributed by atoms with Crippen LogP contribution in [-0.2, 0) is 6.54 Å². The number of piperidine rings is 1. The van der Waals surface area contributed by atoms with Gasteiger partial charge in [-0.25, -0.2) is 4.39 Å². The predicted molar refractivity (Wildman–Crippen MR) is 98.2 cm³/mol. The van der Waals surface area contributed by atoms with Gasteiger partial charge in [-0.05, 0) is 42.7 Å². The number of halogens is 1. The molecular formula is C19H21FN4O. The standard InChI is InChI=1S/C19H21FN4O/c20-14-3-5-24(6-4-14)11-12-1-2-17-13(7-12)8-18(23-17)16-9-15(21)10-22-19(16)25/h1-2,7-10,14,23H,3-6,11,21H2,(H,22,25). The van der Waals surface area contributed by atoms with Crippen LogP contribution in [0.5, 0.6) is 0 Å². The Morgan fingerprint density at radius 1 is 1.20 bits per heavy atom. The van der Waals surface area contributed by atoms with Crippen molar-refractivity contribution in [1.29, 1.82) is 0 Å². The quantitative estimate of drug-likeness (QED) is 0.686. The highest BCUT2D eigenvalue weighted by atomic mass is 19.1. The van der Waals surface area contributed by atoms with Gasteiger partial charge >= 0.3 is 0 Å². The molecule has 0 atom stereocenters.